The lowest BCUT2D eigenvalue weighted by Crippen LogP contribution is -2.44. The van der Waals surface area contributed by atoms with E-state index in [0.717, 1.165) is 24.5 Å². The molecule has 1 aromatic rings. The molecule has 1 aliphatic rings. The summed E-state index contributed by atoms with van der Waals surface area (Å²) in [4.78, 5) is 2.52. The number of methoxy groups -OCH3 is 1. The Kier molecular flexibility index (Phi) is 6.49. The summed E-state index contributed by atoms with van der Waals surface area (Å²) in [5, 5.41) is 4.21. The van der Waals surface area contributed by atoms with Crippen LogP contribution in [0.4, 0.5) is 0 Å². The maximum Gasteiger partial charge on any atom is 0.0724 e. The number of piperidine rings is 1. The molecule has 21 heavy (non-hydrogen) atoms. The summed E-state index contributed by atoms with van der Waals surface area (Å²) in [7, 11) is 3.84. The quantitative estimate of drug-likeness (QED) is 0.872. The van der Waals surface area contributed by atoms with Gasteiger partial charge in [-0.15, -0.1) is 0 Å². The van der Waals surface area contributed by atoms with Crippen LogP contribution in [0.25, 0.3) is 0 Å². The third-order valence-electron chi connectivity index (χ3n) is 4.61. The highest BCUT2D eigenvalue weighted by Gasteiger charge is 2.26. The van der Waals surface area contributed by atoms with Crippen molar-refractivity contribution in [2.45, 2.75) is 31.9 Å². The molecule has 3 atom stereocenters. The van der Waals surface area contributed by atoms with Gasteiger partial charge in [0.25, 0.3) is 0 Å². The van der Waals surface area contributed by atoms with Crippen LogP contribution in [0.5, 0.6) is 0 Å². The molecule has 1 N–H and O–H groups in total. The average molecular weight is 311 g/mol. The van der Waals surface area contributed by atoms with Gasteiger partial charge in [-0.2, -0.15) is 0 Å². The van der Waals surface area contributed by atoms with Gasteiger partial charge in [0.1, 0.15) is 0 Å². The summed E-state index contributed by atoms with van der Waals surface area (Å²) in [5.74, 6) is 0.666. The van der Waals surface area contributed by atoms with Crippen LogP contribution in [0.2, 0.25) is 5.02 Å². The Morgan fingerprint density at radius 3 is 2.95 bits per heavy atom. The van der Waals surface area contributed by atoms with Gasteiger partial charge in [-0.3, -0.25) is 0 Å². The maximum atomic E-state index is 6.09. The van der Waals surface area contributed by atoms with E-state index < -0.39 is 0 Å². The summed E-state index contributed by atoms with van der Waals surface area (Å²) in [6.07, 6.45) is 2.68. The number of nitrogens with one attached hydrogen (secondary N) is 1. The highest BCUT2D eigenvalue weighted by atomic mass is 35.5. The Labute approximate surface area is 133 Å². The van der Waals surface area contributed by atoms with E-state index in [9.17, 15) is 0 Å². The number of rotatable bonds is 6. The van der Waals surface area contributed by atoms with Crippen molar-refractivity contribution in [3.05, 3.63) is 34.9 Å². The zero-order valence-corrected chi connectivity index (χ0v) is 14.1. The predicted molar refractivity (Wildman–Crippen MR) is 88.9 cm³/mol. The van der Waals surface area contributed by atoms with E-state index in [1.165, 1.54) is 18.5 Å². The first-order valence-electron chi connectivity index (χ1n) is 7.82. The molecule has 1 heterocycles. The molecule has 0 radical (unpaired) electrons. The van der Waals surface area contributed by atoms with E-state index in [2.05, 4.69) is 29.3 Å². The number of hydrogen-bond donors (Lipinski definition) is 1. The molecule has 3 unspecified atom stereocenters. The fourth-order valence-corrected chi connectivity index (χ4v) is 3.32. The van der Waals surface area contributed by atoms with Crippen LogP contribution < -0.4 is 5.32 Å². The first-order chi connectivity index (χ1) is 10.1. The number of benzene rings is 1. The van der Waals surface area contributed by atoms with Gasteiger partial charge in [0.05, 0.1) is 6.10 Å². The van der Waals surface area contributed by atoms with Gasteiger partial charge < -0.3 is 15.0 Å². The largest absolute Gasteiger partial charge is 0.380 e. The average Bonchev–Trinajstić information content (AvgIpc) is 2.49. The minimum absolute atomic E-state index is 0.351. The second-order valence-corrected chi connectivity index (χ2v) is 6.46. The van der Waals surface area contributed by atoms with Gasteiger partial charge in [-0.05, 0) is 50.0 Å². The van der Waals surface area contributed by atoms with Gasteiger partial charge in [-0.1, -0.05) is 30.7 Å². The fraction of sp³-hybridized carbons (Fsp3) is 0.647. The van der Waals surface area contributed by atoms with Crippen molar-refractivity contribution < 1.29 is 4.74 Å². The molecule has 0 aliphatic carbocycles. The Balaban J connectivity index is 1.88. The van der Waals surface area contributed by atoms with Crippen molar-refractivity contribution in [1.29, 1.82) is 0 Å². The minimum atomic E-state index is 0.351. The normalized spacial score (nSPS) is 25.0. The van der Waals surface area contributed by atoms with Crippen LogP contribution in [0.15, 0.2) is 24.3 Å². The molecule has 1 fully saturated rings. The standard InChI is InChI=1S/C17H27ClN2O/c1-13-7-9-20(12-17(13)21-3)10-8-16(19-2)14-5-4-6-15(18)11-14/h4-6,11,13,16-17,19H,7-10,12H2,1-3H3. The second-order valence-electron chi connectivity index (χ2n) is 6.03. The van der Waals surface area contributed by atoms with Gasteiger partial charge in [-0.25, -0.2) is 0 Å². The fourth-order valence-electron chi connectivity index (χ4n) is 3.12. The van der Waals surface area contributed by atoms with Crippen molar-refractivity contribution in [1.82, 2.24) is 10.2 Å². The zero-order chi connectivity index (χ0) is 15.2. The number of hydrogen-bond acceptors (Lipinski definition) is 3. The molecule has 2 rings (SSSR count). The van der Waals surface area contributed by atoms with Gasteiger partial charge in [0.2, 0.25) is 0 Å². The topological polar surface area (TPSA) is 24.5 Å². The van der Waals surface area contributed by atoms with Crippen molar-refractivity contribution in [3.63, 3.8) is 0 Å². The van der Waals surface area contributed by atoms with Crippen LogP contribution in [0, 0.1) is 5.92 Å². The Morgan fingerprint density at radius 2 is 2.29 bits per heavy atom. The van der Waals surface area contributed by atoms with Crippen molar-refractivity contribution in [2.24, 2.45) is 5.92 Å². The van der Waals surface area contributed by atoms with Crippen LogP contribution in [0.3, 0.4) is 0 Å². The van der Waals surface area contributed by atoms with Gasteiger partial charge >= 0.3 is 0 Å². The van der Waals surface area contributed by atoms with Crippen molar-refractivity contribution >= 4 is 11.6 Å². The van der Waals surface area contributed by atoms with Crippen molar-refractivity contribution in [3.8, 4) is 0 Å². The summed E-state index contributed by atoms with van der Waals surface area (Å²) in [6.45, 7) is 5.59. The number of likely N-dealkylation sites (tertiary alicyclic amines) is 1. The van der Waals surface area contributed by atoms with E-state index in [-0.39, 0.29) is 0 Å². The smallest absolute Gasteiger partial charge is 0.0724 e. The molecule has 0 aromatic heterocycles. The van der Waals surface area contributed by atoms with E-state index >= 15 is 0 Å². The van der Waals surface area contributed by atoms with Crippen LogP contribution in [0.1, 0.15) is 31.4 Å². The SMILES string of the molecule is CNC(CCN1CCC(C)C(OC)C1)c1cccc(Cl)c1. The predicted octanol–water partition coefficient (Wildman–Crippen LogP) is 3.35. The summed E-state index contributed by atoms with van der Waals surface area (Å²) >= 11 is 6.09. The molecule has 3 nitrogen and oxygen atoms in total. The molecule has 4 heteroatoms. The van der Waals surface area contributed by atoms with Crippen LogP contribution >= 0.6 is 11.6 Å². The third-order valence-corrected chi connectivity index (χ3v) is 4.84. The Hall–Kier alpha value is -0.610. The van der Waals surface area contributed by atoms with E-state index in [1.54, 1.807) is 0 Å². The lowest BCUT2D eigenvalue weighted by Gasteiger charge is -2.36. The molecule has 0 saturated carbocycles. The first kappa shape index (κ1) is 16.8. The molecular weight excluding hydrogens is 284 g/mol. The minimum Gasteiger partial charge on any atom is -0.380 e. The highest BCUT2D eigenvalue weighted by molar-refractivity contribution is 6.30. The Bertz CT molecular complexity index is 441. The summed E-state index contributed by atoms with van der Waals surface area (Å²) in [5.41, 5.74) is 1.26. The van der Waals surface area contributed by atoms with Gasteiger partial charge in [0, 0.05) is 31.3 Å². The molecule has 1 saturated heterocycles. The second kappa shape index (κ2) is 8.14. The van der Waals surface area contributed by atoms with Crippen LogP contribution in [-0.4, -0.2) is 44.8 Å². The molecule has 118 valence electrons. The number of nitrogens with zero attached hydrogens (tertiary/aromatic N) is 1. The van der Waals surface area contributed by atoms with Gasteiger partial charge in [0.15, 0.2) is 0 Å². The monoisotopic (exact) mass is 310 g/mol. The molecule has 1 aromatic carbocycles. The van der Waals surface area contributed by atoms with E-state index in [4.69, 9.17) is 16.3 Å². The molecule has 1 aliphatic heterocycles. The highest BCUT2D eigenvalue weighted by Crippen LogP contribution is 2.23. The van der Waals surface area contributed by atoms with Crippen molar-refractivity contribution in [2.75, 3.05) is 33.8 Å². The maximum absolute atomic E-state index is 6.09. The molecule has 0 amide bonds. The number of halogens is 1. The zero-order valence-electron chi connectivity index (χ0n) is 13.3. The lowest BCUT2D eigenvalue weighted by atomic mass is 9.95. The van der Waals surface area contributed by atoms with E-state index in [1.807, 2.05) is 26.3 Å². The summed E-state index contributed by atoms with van der Waals surface area (Å²) < 4.78 is 5.59. The Morgan fingerprint density at radius 1 is 1.48 bits per heavy atom. The van der Waals surface area contributed by atoms with Crippen LogP contribution in [-0.2, 0) is 4.74 Å². The molecule has 0 bridgehead atoms. The molecule has 0 spiro atoms. The van der Waals surface area contributed by atoms with E-state index in [0.29, 0.717) is 18.1 Å². The first-order valence-corrected chi connectivity index (χ1v) is 8.19. The molecular formula is C17H27ClN2O. The third kappa shape index (κ3) is 4.68. The lowest BCUT2D eigenvalue weighted by molar-refractivity contribution is -0.00576. The number of ether oxygens (including phenoxy) is 1. The summed E-state index contributed by atoms with van der Waals surface area (Å²) in [6, 6.07) is 8.49.